The van der Waals surface area contributed by atoms with E-state index in [1.54, 1.807) is 0 Å². The van der Waals surface area contributed by atoms with Crippen molar-refractivity contribution in [2.24, 2.45) is 23.2 Å². The fourth-order valence-corrected chi connectivity index (χ4v) is 8.00. The average molecular weight is 530 g/mol. The highest BCUT2D eigenvalue weighted by molar-refractivity contribution is 5.84. The van der Waals surface area contributed by atoms with Gasteiger partial charge in [0.25, 0.3) is 0 Å². The Kier molecular flexibility index (Phi) is 6.51. The summed E-state index contributed by atoms with van der Waals surface area (Å²) in [7, 11) is 2.20. The molecule has 2 heterocycles. The largest absolute Gasteiger partial charge is 0.366 e. The molecule has 0 spiro atoms. The molecule has 1 aliphatic heterocycles. The highest BCUT2D eigenvalue weighted by Crippen LogP contribution is 2.60. The van der Waals surface area contributed by atoms with Crippen LogP contribution in [-0.4, -0.2) is 71.0 Å². The van der Waals surface area contributed by atoms with E-state index in [0.29, 0.717) is 41.7 Å². The number of amides is 1. The van der Waals surface area contributed by atoms with E-state index in [1.807, 2.05) is 6.20 Å². The Bertz CT molecular complexity index is 1190. The summed E-state index contributed by atoms with van der Waals surface area (Å²) in [5.41, 5.74) is 3.28. The summed E-state index contributed by atoms with van der Waals surface area (Å²) in [6.07, 6.45) is 9.85. The van der Waals surface area contributed by atoms with Crippen LogP contribution >= 0.6 is 0 Å². The Labute approximate surface area is 232 Å². The van der Waals surface area contributed by atoms with Crippen molar-refractivity contribution in [3.05, 3.63) is 41.6 Å². The minimum Gasteiger partial charge on any atom is -0.366 e. The van der Waals surface area contributed by atoms with Crippen LogP contribution in [0.5, 0.6) is 0 Å². The highest BCUT2D eigenvalue weighted by atomic mass is 16.2. The maximum Gasteiger partial charge on any atom is 0.229 e. The molecule has 39 heavy (non-hydrogen) atoms. The topological polar surface area (TPSA) is 85.4 Å². The van der Waals surface area contributed by atoms with E-state index in [9.17, 15) is 4.79 Å². The molecule has 0 radical (unpaired) electrons. The van der Waals surface area contributed by atoms with Gasteiger partial charge in [0.05, 0.1) is 5.41 Å². The number of benzene rings is 1. The van der Waals surface area contributed by atoms with Crippen molar-refractivity contribution in [3.63, 3.8) is 0 Å². The summed E-state index contributed by atoms with van der Waals surface area (Å²) in [5, 5.41) is 10.6. The van der Waals surface area contributed by atoms with E-state index in [2.05, 4.69) is 69.0 Å². The number of aromatic nitrogens is 2. The second kappa shape index (κ2) is 10.0. The second-order valence-electron chi connectivity index (χ2n) is 13.3. The number of carbonyl (C=O) groups is 1. The lowest BCUT2D eigenvalue weighted by Crippen LogP contribution is -2.60. The summed E-state index contributed by atoms with van der Waals surface area (Å²) in [6, 6.07) is 9.51. The lowest BCUT2D eigenvalue weighted by atomic mass is 9.47. The first kappa shape index (κ1) is 25.3. The summed E-state index contributed by atoms with van der Waals surface area (Å²) in [4.78, 5) is 27.7. The van der Waals surface area contributed by atoms with Gasteiger partial charge in [0.2, 0.25) is 11.9 Å². The van der Waals surface area contributed by atoms with Crippen molar-refractivity contribution in [1.29, 1.82) is 0 Å². The number of likely N-dealkylation sites (N-methyl/N-ethyl adjacent to an activating group) is 1. The Balaban J connectivity index is 1.00. The van der Waals surface area contributed by atoms with Crippen LogP contribution in [0.15, 0.2) is 30.5 Å². The molecule has 4 bridgehead atoms. The summed E-state index contributed by atoms with van der Waals surface area (Å²) in [5.74, 6) is 3.68. The molecule has 8 heteroatoms. The van der Waals surface area contributed by atoms with Gasteiger partial charge < -0.3 is 20.9 Å². The van der Waals surface area contributed by atoms with Gasteiger partial charge in [-0.3, -0.25) is 9.69 Å². The fourth-order valence-electron chi connectivity index (χ4n) is 8.00. The summed E-state index contributed by atoms with van der Waals surface area (Å²) in [6.45, 7) is 7.61. The third-order valence-corrected chi connectivity index (χ3v) is 10.2. The van der Waals surface area contributed by atoms with Crippen molar-refractivity contribution < 1.29 is 4.79 Å². The minimum absolute atomic E-state index is 0.124. The average Bonchev–Trinajstić information content (AvgIpc) is 3.74. The van der Waals surface area contributed by atoms with Gasteiger partial charge >= 0.3 is 0 Å². The van der Waals surface area contributed by atoms with Crippen molar-refractivity contribution in [2.75, 3.05) is 43.9 Å². The third kappa shape index (κ3) is 5.25. The minimum atomic E-state index is -0.124. The molecule has 5 saturated carbocycles. The number of carbonyl (C=O) groups excluding carboxylic acids is 1. The maximum atomic E-state index is 13.3. The molecule has 208 valence electrons. The normalized spacial score (nSPS) is 32.3. The monoisotopic (exact) mass is 529 g/mol. The standard InChI is InChI=1S/C31H43N7O/c1-20-18-32-30(34-26-5-3-21(4-6-26)19-38-11-9-37(2)10-12-38)36-28(20)35-27-23-13-22-14-24(27)17-31(15-22,16-23)29(39)33-25-7-8-25/h3-6,18,22-25,27H,7-17,19H2,1-2H3,(H,33,39)(H2,32,34,35,36). The van der Waals surface area contributed by atoms with Crippen LogP contribution in [0, 0.1) is 30.1 Å². The first-order chi connectivity index (χ1) is 18.9. The zero-order chi connectivity index (χ0) is 26.6. The molecule has 5 aliphatic carbocycles. The first-order valence-corrected chi connectivity index (χ1v) is 15.1. The molecule has 2 unspecified atom stereocenters. The number of hydrogen-bond acceptors (Lipinski definition) is 7. The predicted octanol–water partition coefficient (Wildman–Crippen LogP) is 4.16. The van der Waals surface area contributed by atoms with Gasteiger partial charge in [-0.15, -0.1) is 0 Å². The second-order valence-corrected chi connectivity index (χ2v) is 13.3. The van der Waals surface area contributed by atoms with Crippen molar-refractivity contribution in [1.82, 2.24) is 25.1 Å². The summed E-state index contributed by atoms with van der Waals surface area (Å²) < 4.78 is 0. The van der Waals surface area contributed by atoms with E-state index >= 15 is 0 Å². The van der Waals surface area contributed by atoms with E-state index in [-0.39, 0.29) is 5.41 Å². The van der Waals surface area contributed by atoms with Gasteiger partial charge in [0.15, 0.2) is 0 Å². The van der Waals surface area contributed by atoms with Gasteiger partial charge in [-0.05, 0) is 94.4 Å². The van der Waals surface area contributed by atoms with Crippen LogP contribution in [0.4, 0.5) is 17.5 Å². The van der Waals surface area contributed by atoms with Gasteiger partial charge in [-0.1, -0.05) is 12.1 Å². The Morgan fingerprint density at radius 1 is 1.03 bits per heavy atom. The molecular formula is C31H43N7O. The van der Waals surface area contributed by atoms with E-state index in [0.717, 1.165) is 81.9 Å². The molecule has 2 atom stereocenters. The predicted molar refractivity (Wildman–Crippen MR) is 154 cm³/mol. The molecular weight excluding hydrogens is 486 g/mol. The fraction of sp³-hybridized carbons (Fsp3) is 0.645. The molecule has 2 aromatic rings. The Morgan fingerprint density at radius 3 is 2.44 bits per heavy atom. The lowest BCUT2D eigenvalue weighted by Gasteiger charge is -2.59. The maximum absolute atomic E-state index is 13.3. The first-order valence-electron chi connectivity index (χ1n) is 15.1. The molecule has 1 aromatic carbocycles. The molecule has 1 saturated heterocycles. The number of nitrogens with one attached hydrogen (secondary N) is 3. The number of aryl methyl sites for hydroxylation is 1. The number of rotatable bonds is 8. The van der Waals surface area contributed by atoms with Crippen LogP contribution in [-0.2, 0) is 11.3 Å². The number of piperazine rings is 1. The lowest BCUT2D eigenvalue weighted by molar-refractivity contribution is -0.147. The van der Waals surface area contributed by atoms with E-state index in [4.69, 9.17) is 4.98 Å². The SMILES string of the molecule is Cc1cnc(Nc2ccc(CN3CCN(C)CC3)cc2)nc1NC1C2CC3CC1CC(C(=O)NC1CC1)(C3)C2. The zero-order valence-corrected chi connectivity index (χ0v) is 23.5. The number of nitrogens with zero attached hydrogens (tertiary/aromatic N) is 4. The van der Waals surface area contributed by atoms with Crippen LogP contribution in [0.1, 0.15) is 56.1 Å². The van der Waals surface area contributed by atoms with Crippen molar-refractivity contribution >= 4 is 23.4 Å². The van der Waals surface area contributed by atoms with Gasteiger partial charge in [0.1, 0.15) is 5.82 Å². The zero-order valence-electron chi connectivity index (χ0n) is 23.5. The van der Waals surface area contributed by atoms with Gasteiger partial charge in [-0.2, -0.15) is 4.98 Å². The van der Waals surface area contributed by atoms with E-state index < -0.39 is 0 Å². The number of anilines is 3. The molecule has 1 amide bonds. The van der Waals surface area contributed by atoms with E-state index in [1.165, 1.54) is 18.4 Å². The quantitative estimate of drug-likeness (QED) is 0.473. The van der Waals surface area contributed by atoms with Gasteiger partial charge in [-0.25, -0.2) is 4.98 Å². The highest BCUT2D eigenvalue weighted by Gasteiger charge is 2.58. The number of hydrogen-bond donors (Lipinski definition) is 3. The molecule has 1 aromatic heterocycles. The van der Waals surface area contributed by atoms with Crippen LogP contribution in [0.2, 0.25) is 0 Å². The Morgan fingerprint density at radius 2 is 1.74 bits per heavy atom. The Hall–Kier alpha value is -2.71. The van der Waals surface area contributed by atoms with Crippen molar-refractivity contribution in [2.45, 2.75) is 70.5 Å². The van der Waals surface area contributed by atoms with Crippen LogP contribution in [0.3, 0.4) is 0 Å². The molecule has 6 aliphatic rings. The third-order valence-electron chi connectivity index (χ3n) is 10.2. The molecule has 8 nitrogen and oxygen atoms in total. The molecule has 8 rings (SSSR count). The van der Waals surface area contributed by atoms with Gasteiger partial charge in [0, 0.05) is 62.3 Å². The smallest absolute Gasteiger partial charge is 0.229 e. The molecule has 6 fully saturated rings. The molecule has 3 N–H and O–H groups in total. The van der Waals surface area contributed by atoms with Crippen molar-refractivity contribution in [3.8, 4) is 0 Å². The van der Waals surface area contributed by atoms with Crippen LogP contribution < -0.4 is 16.0 Å². The summed E-state index contributed by atoms with van der Waals surface area (Å²) >= 11 is 0. The van der Waals surface area contributed by atoms with Crippen LogP contribution in [0.25, 0.3) is 0 Å².